The number of hydrogen-bond acceptors (Lipinski definition) is 4. The lowest BCUT2D eigenvalue weighted by molar-refractivity contribution is -0.126. The number of amides is 2. The van der Waals surface area contributed by atoms with Gasteiger partial charge in [0.05, 0.1) is 12.0 Å². The molecule has 0 bridgehead atoms. The molecular formula is C19H22N4O2S. The number of carbonyl (C=O) groups is 2. The van der Waals surface area contributed by atoms with Gasteiger partial charge in [0.25, 0.3) is 5.91 Å². The van der Waals surface area contributed by atoms with Crippen LogP contribution in [0.15, 0.2) is 29.2 Å². The molecule has 2 amide bonds. The van der Waals surface area contributed by atoms with Gasteiger partial charge in [0, 0.05) is 21.8 Å². The number of hydrogen-bond donors (Lipinski definition) is 3. The standard InChI is InChI=1S/C19H22N4O2S/c1-26-13-7-6-12-10-17(22-16(12)11-13)19(25)23-15-5-3-2-4-14(15)18(24)21-9-8-20/h6-7,10-11,14-15,22H,2-5,9H2,1H3,(H,21,24)(H,23,25)/t14-,15+/m1/s1. The van der Waals surface area contributed by atoms with Gasteiger partial charge in [-0.1, -0.05) is 18.9 Å². The number of thioether (sulfide) groups is 1. The number of nitrogens with zero attached hydrogens (tertiary/aromatic N) is 1. The van der Waals surface area contributed by atoms with E-state index in [0.29, 0.717) is 5.69 Å². The number of aromatic amines is 1. The van der Waals surface area contributed by atoms with Crippen molar-refractivity contribution in [1.29, 1.82) is 5.26 Å². The molecule has 1 aromatic heterocycles. The molecule has 2 aromatic rings. The summed E-state index contributed by atoms with van der Waals surface area (Å²) >= 11 is 1.65. The van der Waals surface area contributed by atoms with Crippen molar-refractivity contribution in [3.63, 3.8) is 0 Å². The molecule has 1 aromatic carbocycles. The normalized spacial score (nSPS) is 19.7. The van der Waals surface area contributed by atoms with Crippen LogP contribution >= 0.6 is 11.8 Å². The number of nitriles is 1. The monoisotopic (exact) mass is 370 g/mol. The lowest BCUT2D eigenvalue weighted by Gasteiger charge is -2.30. The van der Waals surface area contributed by atoms with Crippen molar-refractivity contribution in [2.75, 3.05) is 12.8 Å². The predicted octanol–water partition coefficient (Wildman–Crippen LogP) is 2.82. The molecule has 0 saturated heterocycles. The van der Waals surface area contributed by atoms with E-state index in [1.54, 1.807) is 11.8 Å². The van der Waals surface area contributed by atoms with Gasteiger partial charge in [-0.25, -0.2) is 0 Å². The highest BCUT2D eigenvalue weighted by Gasteiger charge is 2.32. The first-order chi connectivity index (χ1) is 12.6. The fraction of sp³-hybridized carbons (Fsp3) is 0.421. The van der Waals surface area contributed by atoms with Gasteiger partial charge in [0.15, 0.2) is 0 Å². The van der Waals surface area contributed by atoms with Crippen LogP contribution in [0.25, 0.3) is 10.9 Å². The minimum absolute atomic E-state index is 0.00418. The topological polar surface area (TPSA) is 97.8 Å². The summed E-state index contributed by atoms with van der Waals surface area (Å²) in [6.07, 6.45) is 5.45. The number of H-pyrrole nitrogens is 1. The van der Waals surface area contributed by atoms with Gasteiger partial charge in [-0.3, -0.25) is 9.59 Å². The first-order valence-corrected chi connectivity index (χ1v) is 9.97. The maximum Gasteiger partial charge on any atom is 0.267 e. The Balaban J connectivity index is 1.73. The maximum atomic E-state index is 12.7. The Morgan fingerprint density at radius 3 is 2.88 bits per heavy atom. The fourth-order valence-electron chi connectivity index (χ4n) is 3.48. The van der Waals surface area contributed by atoms with Crippen LogP contribution < -0.4 is 10.6 Å². The number of fused-ring (bicyclic) bond motifs is 1. The highest BCUT2D eigenvalue weighted by Crippen LogP contribution is 2.26. The maximum absolute atomic E-state index is 12.7. The molecule has 0 spiro atoms. The van der Waals surface area contributed by atoms with E-state index in [1.807, 2.05) is 36.6 Å². The quantitative estimate of drug-likeness (QED) is 0.557. The molecule has 0 aliphatic heterocycles. The molecule has 1 aliphatic carbocycles. The molecule has 0 radical (unpaired) electrons. The second-order valence-electron chi connectivity index (χ2n) is 6.48. The highest BCUT2D eigenvalue weighted by molar-refractivity contribution is 7.98. The van der Waals surface area contributed by atoms with E-state index in [4.69, 9.17) is 5.26 Å². The summed E-state index contributed by atoms with van der Waals surface area (Å²) in [6.45, 7) is -0.00418. The predicted molar refractivity (Wildman–Crippen MR) is 102 cm³/mol. The second kappa shape index (κ2) is 8.28. The van der Waals surface area contributed by atoms with E-state index in [2.05, 4.69) is 15.6 Å². The van der Waals surface area contributed by atoms with Crippen LogP contribution in [-0.4, -0.2) is 35.6 Å². The lowest BCUT2D eigenvalue weighted by Crippen LogP contribution is -2.48. The average molecular weight is 370 g/mol. The third-order valence-corrected chi connectivity index (χ3v) is 5.56. The Morgan fingerprint density at radius 2 is 2.12 bits per heavy atom. The molecule has 6 nitrogen and oxygen atoms in total. The Bertz CT molecular complexity index is 855. The second-order valence-corrected chi connectivity index (χ2v) is 7.36. The molecule has 1 fully saturated rings. The van der Waals surface area contributed by atoms with Gasteiger partial charge in [-0.2, -0.15) is 5.26 Å². The summed E-state index contributed by atoms with van der Waals surface area (Å²) < 4.78 is 0. The zero-order valence-corrected chi connectivity index (χ0v) is 15.5. The van der Waals surface area contributed by atoms with E-state index in [1.165, 1.54) is 0 Å². The van der Waals surface area contributed by atoms with E-state index in [-0.39, 0.29) is 30.3 Å². The Morgan fingerprint density at radius 1 is 1.31 bits per heavy atom. The van der Waals surface area contributed by atoms with Crippen molar-refractivity contribution in [3.8, 4) is 6.07 Å². The van der Waals surface area contributed by atoms with Crippen LogP contribution in [0.1, 0.15) is 36.2 Å². The van der Waals surface area contributed by atoms with E-state index in [0.717, 1.165) is 41.5 Å². The number of nitrogens with one attached hydrogen (secondary N) is 3. The third-order valence-electron chi connectivity index (χ3n) is 4.84. The molecule has 1 heterocycles. The Kier molecular flexibility index (Phi) is 5.84. The summed E-state index contributed by atoms with van der Waals surface area (Å²) in [4.78, 5) is 29.3. The van der Waals surface area contributed by atoms with Gasteiger partial charge in [0.2, 0.25) is 5.91 Å². The van der Waals surface area contributed by atoms with Crippen LogP contribution in [0.2, 0.25) is 0 Å². The van der Waals surface area contributed by atoms with Crippen LogP contribution in [0.5, 0.6) is 0 Å². The molecule has 1 aliphatic rings. The van der Waals surface area contributed by atoms with Gasteiger partial charge in [-0.05, 0) is 37.3 Å². The smallest absolute Gasteiger partial charge is 0.267 e. The first-order valence-electron chi connectivity index (χ1n) is 8.74. The Hall–Kier alpha value is -2.46. The van der Waals surface area contributed by atoms with Crippen LogP contribution in [0.4, 0.5) is 0 Å². The zero-order chi connectivity index (χ0) is 18.5. The third kappa shape index (κ3) is 4.02. The fourth-order valence-corrected chi connectivity index (χ4v) is 3.92. The number of rotatable bonds is 5. The van der Waals surface area contributed by atoms with Crippen molar-refractivity contribution < 1.29 is 9.59 Å². The SMILES string of the molecule is CSc1ccc2cc(C(=O)N[C@H]3CCCC[C@H]3C(=O)NCC#N)[nH]c2c1. The summed E-state index contributed by atoms with van der Waals surface area (Å²) in [7, 11) is 0. The van der Waals surface area contributed by atoms with Gasteiger partial charge in [0.1, 0.15) is 12.2 Å². The summed E-state index contributed by atoms with van der Waals surface area (Å²) in [6, 6.07) is 9.59. The van der Waals surface area contributed by atoms with Gasteiger partial charge in [-0.15, -0.1) is 11.8 Å². The number of benzene rings is 1. The number of carbonyl (C=O) groups excluding carboxylic acids is 2. The summed E-state index contributed by atoms with van der Waals surface area (Å²) in [5.74, 6) is -0.636. The number of aromatic nitrogens is 1. The van der Waals surface area contributed by atoms with Gasteiger partial charge < -0.3 is 15.6 Å². The molecular weight excluding hydrogens is 348 g/mol. The van der Waals surface area contributed by atoms with Crippen molar-refractivity contribution in [1.82, 2.24) is 15.6 Å². The highest BCUT2D eigenvalue weighted by atomic mass is 32.2. The van der Waals surface area contributed by atoms with Crippen molar-refractivity contribution >= 4 is 34.5 Å². The molecule has 3 rings (SSSR count). The first kappa shape index (κ1) is 18.3. The molecule has 3 N–H and O–H groups in total. The average Bonchev–Trinajstić information content (AvgIpc) is 3.09. The van der Waals surface area contributed by atoms with Crippen molar-refractivity contribution in [2.45, 2.75) is 36.6 Å². The van der Waals surface area contributed by atoms with Crippen LogP contribution in [-0.2, 0) is 4.79 Å². The zero-order valence-electron chi connectivity index (χ0n) is 14.7. The molecule has 26 heavy (non-hydrogen) atoms. The lowest BCUT2D eigenvalue weighted by atomic mass is 9.83. The van der Waals surface area contributed by atoms with E-state index < -0.39 is 0 Å². The molecule has 1 saturated carbocycles. The summed E-state index contributed by atoms with van der Waals surface area (Å²) in [5.41, 5.74) is 1.42. The van der Waals surface area contributed by atoms with Crippen molar-refractivity contribution in [3.05, 3.63) is 30.0 Å². The molecule has 0 unspecified atom stereocenters. The largest absolute Gasteiger partial charge is 0.350 e. The minimum Gasteiger partial charge on any atom is -0.350 e. The Labute approximate surface area is 156 Å². The minimum atomic E-state index is -0.284. The summed E-state index contributed by atoms with van der Waals surface area (Å²) in [5, 5.41) is 15.3. The molecule has 7 heteroatoms. The van der Waals surface area contributed by atoms with E-state index in [9.17, 15) is 9.59 Å². The van der Waals surface area contributed by atoms with Crippen LogP contribution in [0, 0.1) is 17.2 Å². The van der Waals surface area contributed by atoms with Gasteiger partial charge >= 0.3 is 0 Å². The van der Waals surface area contributed by atoms with Crippen molar-refractivity contribution in [2.24, 2.45) is 5.92 Å². The molecule has 136 valence electrons. The molecule has 2 atom stereocenters. The van der Waals surface area contributed by atoms with Crippen LogP contribution in [0.3, 0.4) is 0 Å². The van der Waals surface area contributed by atoms with E-state index >= 15 is 0 Å².